The minimum absolute atomic E-state index is 0.321. The van der Waals surface area contributed by atoms with Gasteiger partial charge in [0.25, 0.3) is 0 Å². The van der Waals surface area contributed by atoms with Gasteiger partial charge >= 0.3 is 5.97 Å². The van der Waals surface area contributed by atoms with Gasteiger partial charge in [0, 0.05) is 12.6 Å². The molecule has 1 saturated heterocycles. The molecule has 0 aromatic rings. The second-order valence-electron chi connectivity index (χ2n) is 4.99. The summed E-state index contributed by atoms with van der Waals surface area (Å²) < 4.78 is 5.23. The van der Waals surface area contributed by atoms with Crippen molar-refractivity contribution in [2.24, 2.45) is 5.92 Å². The van der Waals surface area contributed by atoms with Gasteiger partial charge in [0.1, 0.15) is 6.04 Å². The number of ether oxygens (including phenoxy) is 1. The highest BCUT2D eigenvalue weighted by molar-refractivity contribution is 5.73. The molecule has 16 heavy (non-hydrogen) atoms. The molecule has 0 aromatic heterocycles. The summed E-state index contributed by atoms with van der Waals surface area (Å²) in [5.41, 5.74) is 0. The Balaban J connectivity index is 2.50. The zero-order chi connectivity index (χ0) is 12.1. The van der Waals surface area contributed by atoms with Gasteiger partial charge in [-0.25, -0.2) is 0 Å². The monoisotopic (exact) mass is 229 g/mol. The van der Waals surface area contributed by atoms with Gasteiger partial charge in [0.15, 0.2) is 0 Å². The third-order valence-corrected chi connectivity index (χ3v) is 3.18. The average Bonchev–Trinajstić information content (AvgIpc) is 2.25. The standard InChI is InChI=1S/C12H23NO3/c1-9(2)4-5-10(3)13-6-7-16-8-11(13)12(14)15/h9-11H,4-8H2,1-3H3,(H,14,15). The minimum atomic E-state index is -0.768. The third kappa shape index (κ3) is 3.76. The quantitative estimate of drug-likeness (QED) is 0.778. The Morgan fingerprint density at radius 2 is 2.12 bits per heavy atom. The largest absolute Gasteiger partial charge is 0.480 e. The van der Waals surface area contributed by atoms with Crippen LogP contribution in [0.2, 0.25) is 0 Å². The number of morpholine rings is 1. The lowest BCUT2D eigenvalue weighted by Crippen LogP contribution is -2.53. The van der Waals surface area contributed by atoms with E-state index in [4.69, 9.17) is 9.84 Å². The van der Waals surface area contributed by atoms with E-state index in [1.54, 1.807) is 0 Å². The fourth-order valence-corrected chi connectivity index (χ4v) is 2.10. The van der Waals surface area contributed by atoms with E-state index >= 15 is 0 Å². The van der Waals surface area contributed by atoms with Gasteiger partial charge in [0.2, 0.25) is 0 Å². The zero-order valence-corrected chi connectivity index (χ0v) is 10.5. The molecule has 4 heteroatoms. The molecule has 0 amide bonds. The van der Waals surface area contributed by atoms with Crippen molar-refractivity contribution in [3.8, 4) is 0 Å². The number of aliphatic carboxylic acids is 1. The van der Waals surface area contributed by atoms with Gasteiger partial charge in [-0.05, 0) is 25.7 Å². The maximum atomic E-state index is 11.1. The predicted molar refractivity (Wildman–Crippen MR) is 62.5 cm³/mol. The van der Waals surface area contributed by atoms with E-state index < -0.39 is 12.0 Å². The Labute approximate surface area is 97.6 Å². The van der Waals surface area contributed by atoms with E-state index in [2.05, 4.69) is 25.7 Å². The molecule has 1 N–H and O–H groups in total. The average molecular weight is 229 g/mol. The second kappa shape index (κ2) is 6.21. The molecule has 0 radical (unpaired) electrons. The molecule has 1 aliphatic heterocycles. The van der Waals surface area contributed by atoms with Crippen molar-refractivity contribution in [2.45, 2.75) is 45.7 Å². The van der Waals surface area contributed by atoms with Gasteiger partial charge < -0.3 is 9.84 Å². The van der Waals surface area contributed by atoms with E-state index in [0.717, 1.165) is 19.4 Å². The van der Waals surface area contributed by atoms with Crippen LogP contribution in [-0.2, 0) is 9.53 Å². The number of hydrogen-bond acceptors (Lipinski definition) is 3. The zero-order valence-electron chi connectivity index (χ0n) is 10.5. The molecule has 0 bridgehead atoms. The first-order chi connectivity index (χ1) is 7.52. The van der Waals surface area contributed by atoms with Crippen LogP contribution in [0, 0.1) is 5.92 Å². The molecule has 0 aromatic carbocycles. The van der Waals surface area contributed by atoms with Crippen molar-refractivity contribution >= 4 is 5.97 Å². The van der Waals surface area contributed by atoms with Crippen LogP contribution in [0.3, 0.4) is 0 Å². The van der Waals surface area contributed by atoms with Crippen molar-refractivity contribution < 1.29 is 14.6 Å². The van der Waals surface area contributed by atoms with Gasteiger partial charge in [-0.3, -0.25) is 9.69 Å². The van der Waals surface area contributed by atoms with Crippen LogP contribution in [-0.4, -0.2) is 47.8 Å². The highest BCUT2D eigenvalue weighted by atomic mass is 16.5. The number of hydrogen-bond donors (Lipinski definition) is 1. The summed E-state index contributed by atoms with van der Waals surface area (Å²) in [5.74, 6) is -0.0946. The fourth-order valence-electron chi connectivity index (χ4n) is 2.10. The molecule has 1 fully saturated rings. The molecule has 4 nitrogen and oxygen atoms in total. The Morgan fingerprint density at radius 1 is 1.44 bits per heavy atom. The molecule has 0 saturated carbocycles. The van der Waals surface area contributed by atoms with Gasteiger partial charge in [-0.2, -0.15) is 0 Å². The molecule has 1 aliphatic rings. The number of nitrogens with zero attached hydrogens (tertiary/aromatic N) is 1. The van der Waals surface area contributed by atoms with Gasteiger partial charge in [0.05, 0.1) is 13.2 Å². The molecule has 1 rings (SSSR count). The van der Waals surface area contributed by atoms with Crippen molar-refractivity contribution in [1.82, 2.24) is 4.90 Å². The Morgan fingerprint density at radius 3 is 2.69 bits per heavy atom. The van der Waals surface area contributed by atoms with E-state index in [0.29, 0.717) is 25.2 Å². The van der Waals surface area contributed by atoms with E-state index in [-0.39, 0.29) is 0 Å². The van der Waals surface area contributed by atoms with E-state index in [1.807, 2.05) is 0 Å². The number of carboxylic acid groups (broad SMARTS) is 1. The maximum Gasteiger partial charge on any atom is 0.323 e. The molecular formula is C12H23NO3. The van der Waals surface area contributed by atoms with E-state index in [9.17, 15) is 4.79 Å². The number of rotatable bonds is 5. The van der Waals surface area contributed by atoms with Crippen LogP contribution in [0.25, 0.3) is 0 Å². The molecule has 0 spiro atoms. The first kappa shape index (κ1) is 13.5. The summed E-state index contributed by atoms with van der Waals surface area (Å²) >= 11 is 0. The summed E-state index contributed by atoms with van der Waals surface area (Å²) in [5, 5.41) is 9.11. The molecule has 0 aliphatic carbocycles. The summed E-state index contributed by atoms with van der Waals surface area (Å²) in [7, 11) is 0. The summed E-state index contributed by atoms with van der Waals surface area (Å²) in [6, 6.07) is -0.136. The summed E-state index contributed by atoms with van der Waals surface area (Å²) in [6.07, 6.45) is 2.20. The molecule has 2 atom stereocenters. The highest BCUT2D eigenvalue weighted by Crippen LogP contribution is 2.17. The topological polar surface area (TPSA) is 49.8 Å². The first-order valence-electron chi connectivity index (χ1n) is 6.08. The van der Waals surface area contributed by atoms with Gasteiger partial charge in [-0.15, -0.1) is 0 Å². The van der Waals surface area contributed by atoms with E-state index in [1.165, 1.54) is 0 Å². The molecule has 94 valence electrons. The van der Waals surface area contributed by atoms with Crippen LogP contribution in [0.5, 0.6) is 0 Å². The van der Waals surface area contributed by atoms with Crippen LogP contribution in [0.4, 0.5) is 0 Å². The smallest absolute Gasteiger partial charge is 0.323 e. The SMILES string of the molecule is CC(C)CCC(C)N1CCOCC1C(=O)O. The normalized spacial score (nSPS) is 24.6. The van der Waals surface area contributed by atoms with Crippen molar-refractivity contribution in [2.75, 3.05) is 19.8 Å². The Bertz CT molecular complexity index is 230. The molecule has 2 unspecified atom stereocenters. The van der Waals surface area contributed by atoms with Crippen LogP contribution < -0.4 is 0 Å². The Kier molecular flexibility index (Phi) is 5.22. The Hall–Kier alpha value is -0.610. The van der Waals surface area contributed by atoms with Crippen LogP contribution in [0.15, 0.2) is 0 Å². The van der Waals surface area contributed by atoms with Crippen LogP contribution >= 0.6 is 0 Å². The fraction of sp³-hybridized carbons (Fsp3) is 0.917. The van der Waals surface area contributed by atoms with Crippen molar-refractivity contribution in [3.05, 3.63) is 0 Å². The lowest BCUT2D eigenvalue weighted by Gasteiger charge is -2.37. The lowest BCUT2D eigenvalue weighted by atomic mass is 10.0. The second-order valence-corrected chi connectivity index (χ2v) is 4.99. The lowest BCUT2D eigenvalue weighted by molar-refractivity contribution is -0.151. The van der Waals surface area contributed by atoms with Crippen molar-refractivity contribution in [1.29, 1.82) is 0 Å². The summed E-state index contributed by atoms with van der Waals surface area (Å²) in [6.45, 7) is 8.21. The highest BCUT2D eigenvalue weighted by Gasteiger charge is 2.32. The number of carboxylic acids is 1. The third-order valence-electron chi connectivity index (χ3n) is 3.18. The molecule has 1 heterocycles. The first-order valence-corrected chi connectivity index (χ1v) is 6.08. The van der Waals surface area contributed by atoms with Crippen molar-refractivity contribution in [3.63, 3.8) is 0 Å². The maximum absolute atomic E-state index is 11.1. The van der Waals surface area contributed by atoms with Gasteiger partial charge in [-0.1, -0.05) is 13.8 Å². The van der Waals surface area contributed by atoms with Crippen LogP contribution in [0.1, 0.15) is 33.6 Å². The molecular weight excluding hydrogens is 206 g/mol. The number of carbonyl (C=O) groups is 1. The predicted octanol–water partition coefficient (Wildman–Crippen LogP) is 1.60. The summed E-state index contributed by atoms with van der Waals surface area (Å²) in [4.78, 5) is 13.1. The minimum Gasteiger partial charge on any atom is -0.480 e.